The Morgan fingerprint density at radius 3 is 2.39 bits per heavy atom. The molecule has 0 aliphatic carbocycles. The lowest BCUT2D eigenvalue weighted by Gasteiger charge is -2.13. The number of hydrogen-bond donors (Lipinski definition) is 0. The van der Waals surface area contributed by atoms with Crippen molar-refractivity contribution in [3.05, 3.63) is 70.3 Å². The van der Waals surface area contributed by atoms with Crippen molar-refractivity contribution in [1.82, 2.24) is 4.98 Å². The largest absolute Gasteiger partial charge is 0.292 e. The van der Waals surface area contributed by atoms with Crippen LogP contribution in [0.1, 0.15) is 53.6 Å². The van der Waals surface area contributed by atoms with E-state index in [1.54, 1.807) is 19.1 Å². The Morgan fingerprint density at radius 2 is 1.87 bits per heavy atom. The third-order valence-corrected chi connectivity index (χ3v) is 3.92. The molecule has 2 aromatic rings. The van der Waals surface area contributed by atoms with Crippen LogP contribution < -0.4 is 0 Å². The van der Waals surface area contributed by atoms with Crippen LogP contribution >= 0.6 is 0 Å². The zero-order chi connectivity index (χ0) is 17.1. The number of pyridine rings is 1. The van der Waals surface area contributed by atoms with Crippen LogP contribution in [-0.4, -0.2) is 10.8 Å². The smallest absolute Gasteiger partial charge is 0.183 e. The Labute approximate surface area is 137 Å². The van der Waals surface area contributed by atoms with Gasteiger partial charge in [-0.2, -0.15) is 0 Å². The van der Waals surface area contributed by atoms with Crippen molar-refractivity contribution < 1.29 is 9.18 Å². The first-order chi connectivity index (χ1) is 10.8. The first kappa shape index (κ1) is 17.1. The maximum atomic E-state index is 13.9. The number of carbonyl (C=O) groups excluding carboxylic acids is 1. The van der Waals surface area contributed by atoms with E-state index in [1.807, 2.05) is 45.9 Å². The Hall–Kier alpha value is -2.29. The molecule has 0 radical (unpaired) electrons. The molecule has 2 rings (SSSR count). The summed E-state index contributed by atoms with van der Waals surface area (Å²) in [5.41, 5.74) is 4.51. The van der Waals surface area contributed by atoms with Gasteiger partial charge in [0.1, 0.15) is 11.5 Å². The minimum absolute atomic E-state index is 0.0306. The quantitative estimate of drug-likeness (QED) is 0.733. The fourth-order valence-electron chi connectivity index (χ4n) is 2.52. The van der Waals surface area contributed by atoms with Crippen LogP contribution in [0.2, 0.25) is 0 Å². The zero-order valence-corrected chi connectivity index (χ0v) is 14.3. The van der Waals surface area contributed by atoms with Crippen LogP contribution in [0.4, 0.5) is 4.39 Å². The second kappa shape index (κ2) is 6.86. The van der Waals surface area contributed by atoms with Crippen molar-refractivity contribution in [2.24, 2.45) is 5.92 Å². The first-order valence-corrected chi connectivity index (χ1v) is 7.80. The number of ketones is 1. The van der Waals surface area contributed by atoms with Crippen LogP contribution in [0.15, 0.2) is 36.4 Å². The Balaban J connectivity index is 2.47. The lowest BCUT2D eigenvalue weighted by atomic mass is 9.95. The predicted molar refractivity (Wildman–Crippen MR) is 92.0 cm³/mol. The molecule has 0 aliphatic heterocycles. The van der Waals surface area contributed by atoms with E-state index >= 15 is 0 Å². The summed E-state index contributed by atoms with van der Waals surface area (Å²) < 4.78 is 13.9. The average molecular weight is 311 g/mol. The van der Waals surface area contributed by atoms with Gasteiger partial charge in [0.2, 0.25) is 0 Å². The fourth-order valence-corrected chi connectivity index (χ4v) is 2.52. The molecule has 1 aromatic carbocycles. The fraction of sp³-hybridized carbons (Fsp3) is 0.300. The van der Waals surface area contributed by atoms with Crippen LogP contribution in [0, 0.1) is 25.6 Å². The van der Waals surface area contributed by atoms with E-state index in [2.05, 4.69) is 4.98 Å². The number of allylic oxidation sites excluding steroid dienone is 1. The summed E-state index contributed by atoms with van der Waals surface area (Å²) in [6.45, 7) is 9.26. The second-order valence-electron chi connectivity index (χ2n) is 6.01. The molecule has 0 saturated heterocycles. The van der Waals surface area contributed by atoms with E-state index < -0.39 is 0 Å². The van der Waals surface area contributed by atoms with E-state index in [0.29, 0.717) is 11.3 Å². The summed E-state index contributed by atoms with van der Waals surface area (Å²) >= 11 is 0. The monoisotopic (exact) mass is 311 g/mol. The highest BCUT2D eigenvalue weighted by Gasteiger charge is 2.15. The molecular weight excluding hydrogens is 289 g/mol. The van der Waals surface area contributed by atoms with Crippen molar-refractivity contribution in [2.75, 3.05) is 0 Å². The maximum absolute atomic E-state index is 13.9. The number of carbonyl (C=O) groups is 1. The summed E-state index contributed by atoms with van der Waals surface area (Å²) in [6, 6.07) is 8.86. The average Bonchev–Trinajstić information content (AvgIpc) is 2.52. The highest BCUT2D eigenvalue weighted by atomic mass is 19.1. The van der Waals surface area contributed by atoms with Crippen LogP contribution in [-0.2, 0) is 0 Å². The molecule has 3 heteroatoms. The van der Waals surface area contributed by atoms with Gasteiger partial charge in [-0.1, -0.05) is 38.1 Å². The van der Waals surface area contributed by atoms with E-state index in [4.69, 9.17) is 0 Å². The van der Waals surface area contributed by atoms with Gasteiger partial charge in [0.25, 0.3) is 0 Å². The van der Waals surface area contributed by atoms with Gasteiger partial charge in [0, 0.05) is 17.2 Å². The zero-order valence-electron chi connectivity index (χ0n) is 14.3. The molecule has 0 bridgehead atoms. The second-order valence-corrected chi connectivity index (χ2v) is 6.01. The number of rotatable bonds is 4. The number of aromatic nitrogens is 1. The molecule has 0 spiro atoms. The molecule has 0 unspecified atom stereocenters. The van der Waals surface area contributed by atoms with Crippen molar-refractivity contribution in [2.45, 2.75) is 34.6 Å². The third kappa shape index (κ3) is 3.55. The highest BCUT2D eigenvalue weighted by Crippen LogP contribution is 2.27. The number of benzene rings is 1. The molecule has 0 saturated carbocycles. The minimum atomic E-state index is -0.223. The minimum Gasteiger partial charge on any atom is -0.292 e. The first-order valence-electron chi connectivity index (χ1n) is 7.80. The number of nitrogens with zero attached hydrogens (tertiary/aromatic N) is 1. The van der Waals surface area contributed by atoms with Crippen LogP contribution in [0.25, 0.3) is 5.57 Å². The third-order valence-electron chi connectivity index (χ3n) is 3.92. The van der Waals surface area contributed by atoms with Gasteiger partial charge in [-0.05, 0) is 49.6 Å². The van der Waals surface area contributed by atoms with Gasteiger partial charge in [-0.25, -0.2) is 9.37 Å². The molecule has 0 N–H and O–H groups in total. The van der Waals surface area contributed by atoms with Gasteiger partial charge in [0.05, 0.1) is 0 Å². The van der Waals surface area contributed by atoms with Gasteiger partial charge < -0.3 is 0 Å². The lowest BCUT2D eigenvalue weighted by molar-refractivity contribution is 0.0934. The summed E-state index contributed by atoms with van der Waals surface area (Å²) in [4.78, 5) is 16.5. The number of hydrogen-bond acceptors (Lipinski definition) is 2. The van der Waals surface area contributed by atoms with Gasteiger partial charge >= 0.3 is 0 Å². The molecular formula is C20H22FNO. The van der Waals surface area contributed by atoms with Gasteiger partial charge in [0.15, 0.2) is 5.78 Å². The molecule has 0 fully saturated rings. The molecule has 2 nitrogen and oxygen atoms in total. The molecule has 1 heterocycles. The van der Waals surface area contributed by atoms with E-state index in [1.165, 1.54) is 6.07 Å². The number of halogens is 1. The molecule has 1 aromatic heterocycles. The van der Waals surface area contributed by atoms with Gasteiger partial charge in [-0.15, -0.1) is 0 Å². The van der Waals surface area contributed by atoms with E-state index in [9.17, 15) is 9.18 Å². The van der Waals surface area contributed by atoms with Gasteiger partial charge in [-0.3, -0.25) is 4.79 Å². The van der Waals surface area contributed by atoms with Crippen LogP contribution in [0.5, 0.6) is 0 Å². The van der Waals surface area contributed by atoms with Crippen molar-refractivity contribution in [1.29, 1.82) is 0 Å². The number of Topliss-reactive ketones (excluding diaryl/α,β-unsaturated/α-hetero) is 1. The molecule has 120 valence electrons. The standard InChI is InChI=1S/C20H22FNO/c1-6-16(15-8-7-13(4)18(21)11-15)17-9-10-19(22-14(17)5)20(23)12(2)3/h6-12H,1-5H3/b16-6-. The van der Waals surface area contributed by atoms with Crippen LogP contribution in [0.3, 0.4) is 0 Å². The lowest BCUT2D eigenvalue weighted by Crippen LogP contribution is -2.11. The normalized spacial score (nSPS) is 11.9. The molecule has 23 heavy (non-hydrogen) atoms. The maximum Gasteiger partial charge on any atom is 0.183 e. The van der Waals surface area contributed by atoms with E-state index in [0.717, 1.165) is 22.4 Å². The summed E-state index contributed by atoms with van der Waals surface area (Å²) in [6.07, 6.45) is 1.94. The van der Waals surface area contributed by atoms with Crippen molar-refractivity contribution in [3.63, 3.8) is 0 Å². The number of aryl methyl sites for hydroxylation is 2. The Kier molecular flexibility index (Phi) is 5.09. The molecule has 0 aliphatic rings. The SMILES string of the molecule is C/C=C(/c1ccc(C)c(F)c1)c1ccc(C(=O)C(C)C)nc1C. The summed E-state index contributed by atoms with van der Waals surface area (Å²) in [7, 11) is 0. The van der Waals surface area contributed by atoms with Crippen molar-refractivity contribution >= 4 is 11.4 Å². The summed E-state index contributed by atoms with van der Waals surface area (Å²) in [5, 5.41) is 0. The molecule has 0 atom stereocenters. The highest BCUT2D eigenvalue weighted by molar-refractivity contribution is 5.96. The van der Waals surface area contributed by atoms with E-state index in [-0.39, 0.29) is 17.5 Å². The summed E-state index contributed by atoms with van der Waals surface area (Å²) in [5.74, 6) is -0.276. The Morgan fingerprint density at radius 1 is 1.17 bits per heavy atom. The predicted octanol–water partition coefficient (Wildman–Crippen LogP) is 5.13. The topological polar surface area (TPSA) is 30.0 Å². The molecule has 0 amide bonds. The Bertz CT molecular complexity index is 775. The van der Waals surface area contributed by atoms with Crippen molar-refractivity contribution in [3.8, 4) is 0 Å².